The number of rotatable bonds is 9. The molecule has 2 amide bonds. The highest BCUT2D eigenvalue weighted by molar-refractivity contribution is 6.10. The fourth-order valence-corrected chi connectivity index (χ4v) is 4.29. The molecule has 1 atom stereocenters. The third kappa shape index (κ3) is 5.07. The first kappa shape index (κ1) is 22.6. The molecule has 170 valence electrons. The van der Waals surface area contributed by atoms with Crippen molar-refractivity contribution in [3.05, 3.63) is 78.4 Å². The Kier molecular flexibility index (Phi) is 7.05. The zero-order chi connectivity index (χ0) is 23.2. The molecule has 0 aliphatic rings. The van der Waals surface area contributed by atoms with Gasteiger partial charge in [0.15, 0.2) is 0 Å². The number of nitrogens with zero attached hydrogens (tertiary/aromatic N) is 1. The molecule has 0 spiro atoms. The third-order valence-corrected chi connectivity index (χ3v) is 5.90. The van der Waals surface area contributed by atoms with Crippen LogP contribution in [-0.2, 0) is 22.6 Å². The smallest absolute Gasteiger partial charge is 0.247 e. The largest absolute Gasteiger partial charge is 0.344 e. The highest BCUT2D eigenvalue weighted by Gasteiger charge is 2.22. The Labute approximate surface area is 193 Å². The number of fused-ring (bicyclic) bond motifs is 3. The first-order valence-corrected chi connectivity index (χ1v) is 11.5. The fourth-order valence-electron chi connectivity index (χ4n) is 4.29. The van der Waals surface area contributed by atoms with Crippen LogP contribution in [0.1, 0.15) is 25.3 Å². The van der Waals surface area contributed by atoms with Crippen molar-refractivity contribution in [1.82, 2.24) is 9.88 Å². The van der Waals surface area contributed by atoms with Crippen LogP contribution >= 0.6 is 0 Å². The summed E-state index contributed by atoms with van der Waals surface area (Å²) in [5.41, 5.74) is 9.53. The minimum Gasteiger partial charge on any atom is -0.344 e. The van der Waals surface area contributed by atoms with E-state index in [-0.39, 0.29) is 11.8 Å². The summed E-state index contributed by atoms with van der Waals surface area (Å²) >= 11 is 0. The normalized spacial score (nSPS) is 12.1. The number of aryl methyl sites for hydroxylation is 1. The Morgan fingerprint density at radius 1 is 0.939 bits per heavy atom. The SMILES string of the molecule is CCn1c2ccccc2c2cc(NC(=O)C(Cc3ccccc3)NC(=O)CCCN)ccc21. The minimum atomic E-state index is -0.676. The summed E-state index contributed by atoms with van der Waals surface area (Å²) in [4.78, 5) is 25.6. The highest BCUT2D eigenvalue weighted by Crippen LogP contribution is 2.31. The molecule has 0 radical (unpaired) electrons. The van der Waals surface area contributed by atoms with Crippen LogP contribution in [-0.4, -0.2) is 29.0 Å². The van der Waals surface area contributed by atoms with E-state index in [4.69, 9.17) is 5.73 Å². The van der Waals surface area contributed by atoms with Gasteiger partial charge in [0, 0.05) is 46.9 Å². The van der Waals surface area contributed by atoms with Crippen molar-refractivity contribution < 1.29 is 9.59 Å². The van der Waals surface area contributed by atoms with Gasteiger partial charge >= 0.3 is 0 Å². The molecular weight excluding hydrogens is 412 g/mol. The van der Waals surface area contributed by atoms with E-state index in [1.54, 1.807) is 0 Å². The number of hydrogen-bond acceptors (Lipinski definition) is 3. The lowest BCUT2D eigenvalue weighted by Gasteiger charge is -2.19. The number of carbonyl (C=O) groups is 2. The second kappa shape index (κ2) is 10.3. The van der Waals surface area contributed by atoms with E-state index in [9.17, 15) is 9.59 Å². The number of aromatic nitrogens is 1. The molecule has 0 aliphatic heterocycles. The lowest BCUT2D eigenvalue weighted by Crippen LogP contribution is -2.45. The van der Waals surface area contributed by atoms with Gasteiger partial charge in [0.2, 0.25) is 11.8 Å². The number of amides is 2. The van der Waals surface area contributed by atoms with Gasteiger partial charge in [0.1, 0.15) is 6.04 Å². The molecule has 0 bridgehead atoms. The van der Waals surface area contributed by atoms with Gasteiger partial charge in [-0.25, -0.2) is 0 Å². The summed E-state index contributed by atoms with van der Waals surface area (Å²) < 4.78 is 2.27. The number of anilines is 1. The van der Waals surface area contributed by atoms with Crippen LogP contribution < -0.4 is 16.4 Å². The Bertz CT molecular complexity index is 1260. The number of nitrogens with two attached hydrogens (primary N) is 1. The number of carbonyl (C=O) groups excluding carboxylic acids is 2. The maximum absolute atomic E-state index is 13.2. The minimum absolute atomic E-state index is 0.169. The van der Waals surface area contributed by atoms with Gasteiger partial charge in [0.05, 0.1) is 0 Å². The van der Waals surface area contributed by atoms with Gasteiger partial charge in [-0.15, -0.1) is 0 Å². The van der Waals surface area contributed by atoms with Crippen LogP contribution in [0, 0.1) is 0 Å². The quantitative estimate of drug-likeness (QED) is 0.363. The van der Waals surface area contributed by atoms with E-state index < -0.39 is 6.04 Å². The molecule has 0 fully saturated rings. The topological polar surface area (TPSA) is 89.2 Å². The molecule has 33 heavy (non-hydrogen) atoms. The van der Waals surface area contributed by atoms with Crippen molar-refractivity contribution in [2.75, 3.05) is 11.9 Å². The molecule has 1 unspecified atom stereocenters. The van der Waals surface area contributed by atoms with Gasteiger partial charge in [-0.2, -0.15) is 0 Å². The van der Waals surface area contributed by atoms with Gasteiger partial charge in [-0.05, 0) is 49.7 Å². The maximum atomic E-state index is 13.2. The van der Waals surface area contributed by atoms with Gasteiger partial charge in [0.25, 0.3) is 0 Å². The molecule has 4 rings (SSSR count). The molecule has 1 heterocycles. The molecule has 4 N–H and O–H groups in total. The van der Waals surface area contributed by atoms with Crippen LogP contribution in [0.5, 0.6) is 0 Å². The van der Waals surface area contributed by atoms with Crippen molar-refractivity contribution in [2.24, 2.45) is 5.73 Å². The lowest BCUT2D eigenvalue weighted by atomic mass is 10.0. The predicted molar refractivity (Wildman–Crippen MR) is 134 cm³/mol. The Morgan fingerprint density at radius 3 is 2.42 bits per heavy atom. The monoisotopic (exact) mass is 442 g/mol. The fraction of sp³-hybridized carbons (Fsp3) is 0.259. The van der Waals surface area contributed by atoms with E-state index in [0.29, 0.717) is 31.5 Å². The van der Waals surface area contributed by atoms with Gasteiger partial charge < -0.3 is 20.9 Å². The first-order chi connectivity index (χ1) is 16.1. The second-order valence-electron chi connectivity index (χ2n) is 8.18. The average Bonchev–Trinajstić information content (AvgIpc) is 3.16. The van der Waals surface area contributed by atoms with Crippen LogP contribution in [0.3, 0.4) is 0 Å². The summed E-state index contributed by atoms with van der Waals surface area (Å²) in [6, 6.07) is 23.3. The van der Waals surface area contributed by atoms with Gasteiger partial charge in [-0.3, -0.25) is 9.59 Å². The Morgan fingerprint density at radius 2 is 1.67 bits per heavy atom. The van der Waals surface area contributed by atoms with Crippen molar-refractivity contribution in [1.29, 1.82) is 0 Å². The van der Waals surface area contributed by atoms with Crippen LogP contribution in [0.25, 0.3) is 21.8 Å². The summed E-state index contributed by atoms with van der Waals surface area (Å²) in [5, 5.41) is 8.16. The summed E-state index contributed by atoms with van der Waals surface area (Å²) in [6.45, 7) is 3.43. The first-order valence-electron chi connectivity index (χ1n) is 11.5. The number of para-hydroxylation sites is 1. The average molecular weight is 443 g/mol. The van der Waals surface area contributed by atoms with Crippen LogP contribution in [0.4, 0.5) is 5.69 Å². The van der Waals surface area contributed by atoms with Crippen LogP contribution in [0.2, 0.25) is 0 Å². The molecule has 1 aromatic heterocycles. The molecule has 0 saturated heterocycles. The molecule has 0 saturated carbocycles. The molecular formula is C27H30N4O2. The van der Waals surface area contributed by atoms with E-state index in [2.05, 4.69) is 34.3 Å². The molecule has 6 nitrogen and oxygen atoms in total. The molecule has 6 heteroatoms. The predicted octanol–water partition coefficient (Wildman–Crippen LogP) is 4.22. The third-order valence-electron chi connectivity index (χ3n) is 5.90. The maximum Gasteiger partial charge on any atom is 0.247 e. The van der Waals surface area contributed by atoms with Crippen LogP contribution in [0.15, 0.2) is 72.8 Å². The Hall–Kier alpha value is -3.64. The highest BCUT2D eigenvalue weighted by atomic mass is 16.2. The van der Waals surface area contributed by atoms with Crippen molar-refractivity contribution in [2.45, 2.75) is 38.8 Å². The second-order valence-corrected chi connectivity index (χ2v) is 8.18. The number of benzene rings is 3. The summed E-state index contributed by atoms with van der Waals surface area (Å²) in [5.74, 6) is -0.406. The van der Waals surface area contributed by atoms with E-state index in [1.165, 1.54) is 5.52 Å². The zero-order valence-corrected chi connectivity index (χ0v) is 18.9. The summed E-state index contributed by atoms with van der Waals surface area (Å²) in [6.07, 6.45) is 1.31. The molecule has 4 aromatic rings. The van der Waals surface area contributed by atoms with Gasteiger partial charge in [-0.1, -0.05) is 48.5 Å². The zero-order valence-electron chi connectivity index (χ0n) is 18.9. The summed E-state index contributed by atoms with van der Waals surface area (Å²) in [7, 11) is 0. The van der Waals surface area contributed by atoms with Crippen molar-refractivity contribution in [3.8, 4) is 0 Å². The van der Waals surface area contributed by atoms with Crippen molar-refractivity contribution >= 4 is 39.3 Å². The van der Waals surface area contributed by atoms with E-state index in [1.807, 2.05) is 60.7 Å². The van der Waals surface area contributed by atoms with E-state index in [0.717, 1.165) is 28.4 Å². The Balaban J connectivity index is 1.59. The van der Waals surface area contributed by atoms with Crippen molar-refractivity contribution in [3.63, 3.8) is 0 Å². The number of hydrogen-bond donors (Lipinski definition) is 3. The lowest BCUT2D eigenvalue weighted by molar-refractivity contribution is -0.126. The van der Waals surface area contributed by atoms with E-state index >= 15 is 0 Å². The number of nitrogens with one attached hydrogen (secondary N) is 2. The molecule has 3 aromatic carbocycles. The molecule has 0 aliphatic carbocycles. The standard InChI is InChI=1S/C27H30N4O2/c1-2-31-24-12-7-6-11-21(24)22-18-20(14-15-25(22)31)29-27(33)23(30-26(32)13-8-16-28)17-19-9-4-3-5-10-19/h3-7,9-12,14-15,18,23H,2,8,13,16-17,28H2,1H3,(H,29,33)(H,30,32).